The Labute approximate surface area is 207 Å². The Balaban J connectivity index is 1.36. The molecule has 2 fully saturated rings. The zero-order valence-corrected chi connectivity index (χ0v) is 20.5. The topological polar surface area (TPSA) is 87.1 Å². The van der Waals surface area contributed by atoms with E-state index in [1.54, 1.807) is 23.7 Å². The number of nitrogens with zero attached hydrogens (tertiary/aromatic N) is 6. The second kappa shape index (κ2) is 8.74. The number of aromatic amines is 1. The number of hydrogen-bond donors (Lipinski definition) is 2. The van der Waals surface area contributed by atoms with E-state index in [1.807, 2.05) is 13.0 Å². The van der Waals surface area contributed by atoms with Gasteiger partial charge in [0.05, 0.1) is 5.52 Å². The van der Waals surface area contributed by atoms with Crippen molar-refractivity contribution in [3.8, 4) is 11.8 Å². The van der Waals surface area contributed by atoms with Gasteiger partial charge in [-0.3, -0.25) is 5.10 Å². The van der Waals surface area contributed by atoms with Crippen molar-refractivity contribution in [3.05, 3.63) is 47.3 Å². The summed E-state index contributed by atoms with van der Waals surface area (Å²) in [5, 5.41) is 10.9. The van der Waals surface area contributed by atoms with E-state index in [9.17, 15) is 0 Å². The highest BCUT2D eigenvalue weighted by molar-refractivity contribution is 5.84. The maximum absolute atomic E-state index is 15.4. The summed E-state index contributed by atoms with van der Waals surface area (Å²) in [6.45, 7) is 5.11. The molecular weight excluding hydrogens is 466 g/mol. The summed E-state index contributed by atoms with van der Waals surface area (Å²) < 4.78 is 37.8. The molecule has 9 nitrogen and oxygen atoms in total. The molecule has 2 aliphatic rings. The molecule has 4 aromatic rings. The summed E-state index contributed by atoms with van der Waals surface area (Å²) in [5.41, 5.74) is 2.34. The van der Waals surface area contributed by atoms with Crippen molar-refractivity contribution in [2.24, 2.45) is 7.05 Å². The van der Waals surface area contributed by atoms with Crippen LogP contribution in [0.1, 0.15) is 30.1 Å². The van der Waals surface area contributed by atoms with Crippen molar-refractivity contribution >= 4 is 28.4 Å². The van der Waals surface area contributed by atoms with Gasteiger partial charge in [0.2, 0.25) is 5.75 Å². The maximum Gasteiger partial charge on any atom is 0.326 e. The summed E-state index contributed by atoms with van der Waals surface area (Å²) >= 11 is 0. The van der Waals surface area contributed by atoms with Gasteiger partial charge in [0.25, 0.3) is 0 Å². The standard InChI is InChI=1S/C25H28F2N8O/c1-14-10-16-19(34(14)3)11-17(26)24(23(16)27)36-25-29-20(28-21-12-18(31-32-21)15-4-5-15)13-22(30-25)35-8-6-33(2)7-9-35/h10-13,15H,4-9H2,1-3H3,(H2,28,29,30,31,32). The van der Waals surface area contributed by atoms with Gasteiger partial charge in [-0.25, -0.2) is 8.78 Å². The number of ether oxygens (including phenoxy) is 1. The zero-order valence-electron chi connectivity index (χ0n) is 20.5. The van der Waals surface area contributed by atoms with Gasteiger partial charge in [0.15, 0.2) is 17.5 Å². The van der Waals surface area contributed by atoms with Crippen molar-refractivity contribution in [2.75, 3.05) is 43.4 Å². The zero-order chi connectivity index (χ0) is 25.0. The lowest BCUT2D eigenvalue weighted by molar-refractivity contribution is 0.311. The van der Waals surface area contributed by atoms with Crippen LogP contribution in [0.15, 0.2) is 24.3 Å². The Morgan fingerprint density at radius 2 is 1.78 bits per heavy atom. The molecule has 0 radical (unpaired) electrons. The van der Waals surface area contributed by atoms with Crippen molar-refractivity contribution in [1.82, 2.24) is 29.6 Å². The molecular formula is C25H28F2N8O. The minimum atomic E-state index is -0.814. The van der Waals surface area contributed by atoms with Crippen LogP contribution < -0.4 is 15.0 Å². The molecule has 1 aliphatic carbocycles. The number of hydrogen-bond acceptors (Lipinski definition) is 7. The van der Waals surface area contributed by atoms with Crippen LogP contribution in [0.5, 0.6) is 11.8 Å². The number of likely N-dealkylation sites (N-methyl/N-ethyl adjacent to an activating group) is 1. The smallest absolute Gasteiger partial charge is 0.326 e. The summed E-state index contributed by atoms with van der Waals surface area (Å²) in [4.78, 5) is 13.3. The fourth-order valence-electron chi connectivity index (χ4n) is 4.55. The number of nitrogens with one attached hydrogen (secondary N) is 2. The molecule has 0 unspecified atom stereocenters. The first-order chi connectivity index (χ1) is 17.4. The van der Waals surface area contributed by atoms with E-state index < -0.39 is 17.4 Å². The maximum atomic E-state index is 15.4. The normalized spacial score (nSPS) is 16.6. The van der Waals surface area contributed by atoms with Crippen molar-refractivity contribution < 1.29 is 13.5 Å². The lowest BCUT2D eigenvalue weighted by Gasteiger charge is -2.33. The third-order valence-corrected chi connectivity index (χ3v) is 7.02. The quantitative estimate of drug-likeness (QED) is 0.410. The molecule has 0 atom stereocenters. The van der Waals surface area contributed by atoms with E-state index in [4.69, 9.17) is 4.74 Å². The molecule has 0 amide bonds. The lowest BCUT2D eigenvalue weighted by Crippen LogP contribution is -2.44. The number of benzene rings is 1. The fourth-order valence-corrected chi connectivity index (χ4v) is 4.55. The summed E-state index contributed by atoms with van der Waals surface area (Å²) in [6, 6.07) is 6.56. The Morgan fingerprint density at radius 3 is 2.53 bits per heavy atom. The number of piperazine rings is 1. The Bertz CT molecular complexity index is 1440. The first-order valence-electron chi connectivity index (χ1n) is 12.1. The highest BCUT2D eigenvalue weighted by Crippen LogP contribution is 2.40. The van der Waals surface area contributed by atoms with Crippen LogP contribution in [0.3, 0.4) is 0 Å². The lowest BCUT2D eigenvalue weighted by atomic mass is 10.2. The Morgan fingerprint density at radius 1 is 1.00 bits per heavy atom. The average molecular weight is 495 g/mol. The number of halogens is 2. The molecule has 1 saturated heterocycles. The molecule has 1 aliphatic heterocycles. The van der Waals surface area contributed by atoms with Crippen LogP contribution in [-0.4, -0.2) is 62.9 Å². The number of rotatable bonds is 6. The summed E-state index contributed by atoms with van der Waals surface area (Å²) in [7, 11) is 3.84. The van der Waals surface area contributed by atoms with Gasteiger partial charge in [0.1, 0.15) is 11.6 Å². The van der Waals surface area contributed by atoms with Gasteiger partial charge in [-0.15, -0.1) is 0 Å². The van der Waals surface area contributed by atoms with E-state index in [1.165, 1.54) is 6.07 Å². The molecule has 0 spiro atoms. The van der Waals surface area contributed by atoms with Crippen LogP contribution in [-0.2, 0) is 7.05 Å². The Kier molecular flexibility index (Phi) is 5.51. The van der Waals surface area contributed by atoms with E-state index in [0.29, 0.717) is 28.9 Å². The van der Waals surface area contributed by atoms with Crippen LogP contribution >= 0.6 is 0 Å². The van der Waals surface area contributed by atoms with Crippen molar-refractivity contribution in [2.45, 2.75) is 25.7 Å². The summed E-state index contributed by atoms with van der Waals surface area (Å²) in [6.07, 6.45) is 2.31. The van der Waals surface area contributed by atoms with Crippen molar-refractivity contribution in [3.63, 3.8) is 0 Å². The van der Waals surface area contributed by atoms with Gasteiger partial charge in [-0.2, -0.15) is 15.1 Å². The third-order valence-electron chi connectivity index (χ3n) is 7.02. The van der Waals surface area contributed by atoms with Gasteiger partial charge in [-0.1, -0.05) is 0 Å². The van der Waals surface area contributed by atoms with Crippen molar-refractivity contribution in [1.29, 1.82) is 0 Å². The first-order valence-corrected chi connectivity index (χ1v) is 12.1. The van der Waals surface area contributed by atoms with E-state index in [2.05, 4.69) is 42.3 Å². The monoisotopic (exact) mass is 494 g/mol. The molecule has 2 N–H and O–H groups in total. The number of anilines is 3. The van der Waals surface area contributed by atoms with Gasteiger partial charge in [-0.05, 0) is 32.9 Å². The number of aryl methyl sites for hydroxylation is 2. The largest absolute Gasteiger partial charge is 0.418 e. The number of aromatic nitrogens is 5. The van der Waals surface area contributed by atoms with E-state index in [-0.39, 0.29) is 11.4 Å². The molecule has 4 heterocycles. The summed E-state index contributed by atoms with van der Waals surface area (Å²) in [5.74, 6) is 0.0746. The molecule has 6 rings (SSSR count). The highest BCUT2D eigenvalue weighted by Gasteiger charge is 2.26. The molecule has 188 valence electrons. The van der Waals surface area contributed by atoms with Crippen LogP contribution in [0.25, 0.3) is 10.9 Å². The van der Waals surface area contributed by atoms with Crippen LogP contribution in [0, 0.1) is 18.6 Å². The van der Waals surface area contributed by atoms with E-state index >= 15 is 8.78 Å². The molecule has 3 aromatic heterocycles. The second-order valence-electron chi connectivity index (χ2n) is 9.67. The molecule has 36 heavy (non-hydrogen) atoms. The number of fused-ring (bicyclic) bond motifs is 1. The Hall–Kier alpha value is -3.73. The molecule has 1 saturated carbocycles. The SMILES string of the molecule is Cc1cc2c(F)c(Oc3nc(Nc4cc(C5CC5)[nH]n4)cc(N4CCN(C)CC4)n3)c(F)cc2n1C. The van der Waals surface area contributed by atoms with E-state index in [0.717, 1.165) is 50.4 Å². The first kappa shape index (κ1) is 22.7. The molecule has 0 bridgehead atoms. The highest BCUT2D eigenvalue weighted by atomic mass is 19.1. The van der Waals surface area contributed by atoms with Crippen LogP contribution in [0.4, 0.5) is 26.2 Å². The molecule has 11 heteroatoms. The average Bonchev–Trinajstić information content (AvgIpc) is 3.55. The second-order valence-corrected chi connectivity index (χ2v) is 9.67. The minimum absolute atomic E-state index is 0.142. The third kappa shape index (κ3) is 4.23. The predicted octanol–water partition coefficient (Wildman–Crippen LogP) is 4.44. The van der Waals surface area contributed by atoms with Gasteiger partial charge < -0.3 is 24.4 Å². The van der Waals surface area contributed by atoms with Gasteiger partial charge >= 0.3 is 6.01 Å². The van der Waals surface area contributed by atoms with Crippen LogP contribution in [0.2, 0.25) is 0 Å². The molecule has 1 aromatic carbocycles. The number of H-pyrrole nitrogens is 1. The predicted molar refractivity (Wildman–Crippen MR) is 133 cm³/mol. The minimum Gasteiger partial charge on any atom is -0.418 e. The fraction of sp³-hybridized carbons (Fsp3) is 0.400. The van der Waals surface area contributed by atoms with Gasteiger partial charge in [0, 0.05) is 74.1 Å².